The zero-order valence-corrected chi connectivity index (χ0v) is 11.7. The Labute approximate surface area is 121 Å². The third-order valence-corrected chi connectivity index (χ3v) is 4.13. The lowest BCUT2D eigenvalue weighted by Gasteiger charge is -2.22. The van der Waals surface area contributed by atoms with Gasteiger partial charge in [0.2, 0.25) is 0 Å². The van der Waals surface area contributed by atoms with E-state index in [1.165, 1.54) is 6.07 Å². The SMILES string of the molecule is Fc1cccc(Cl)c1-c1ccc(Cl)c2c1CNCC2. The summed E-state index contributed by atoms with van der Waals surface area (Å²) >= 11 is 12.4. The minimum atomic E-state index is -0.303. The molecule has 2 aromatic carbocycles. The van der Waals surface area contributed by atoms with Gasteiger partial charge < -0.3 is 5.32 Å². The van der Waals surface area contributed by atoms with Crippen LogP contribution >= 0.6 is 23.2 Å². The monoisotopic (exact) mass is 295 g/mol. The Kier molecular flexibility index (Phi) is 3.48. The molecule has 0 fully saturated rings. The Morgan fingerprint density at radius 3 is 2.63 bits per heavy atom. The van der Waals surface area contributed by atoms with Crippen LogP contribution in [0.3, 0.4) is 0 Å². The highest BCUT2D eigenvalue weighted by Crippen LogP contribution is 2.37. The molecule has 0 radical (unpaired) electrons. The van der Waals surface area contributed by atoms with E-state index in [-0.39, 0.29) is 5.82 Å². The summed E-state index contributed by atoms with van der Waals surface area (Å²) in [6, 6.07) is 8.42. The highest BCUT2D eigenvalue weighted by Gasteiger charge is 2.20. The van der Waals surface area contributed by atoms with Crippen LogP contribution in [0, 0.1) is 5.82 Å². The molecule has 0 aliphatic carbocycles. The standard InChI is InChI=1S/C15H12Cl2FN/c16-12-5-4-10(11-8-19-7-6-9(11)12)15-13(17)2-1-3-14(15)18/h1-5,19H,6-8H2. The zero-order chi connectivity index (χ0) is 13.4. The Bertz CT molecular complexity index is 620. The second-order valence-electron chi connectivity index (χ2n) is 4.58. The molecule has 0 aromatic heterocycles. The number of benzene rings is 2. The lowest BCUT2D eigenvalue weighted by molar-refractivity contribution is 0.627. The van der Waals surface area contributed by atoms with Gasteiger partial charge in [0.1, 0.15) is 5.82 Å². The van der Waals surface area contributed by atoms with E-state index in [2.05, 4.69) is 5.32 Å². The Morgan fingerprint density at radius 1 is 1.00 bits per heavy atom. The minimum Gasteiger partial charge on any atom is -0.312 e. The number of rotatable bonds is 1. The zero-order valence-electron chi connectivity index (χ0n) is 10.1. The van der Waals surface area contributed by atoms with Crippen LogP contribution in [0.15, 0.2) is 30.3 Å². The minimum absolute atomic E-state index is 0.303. The van der Waals surface area contributed by atoms with Crippen molar-refractivity contribution in [3.05, 3.63) is 57.3 Å². The first-order valence-corrected chi connectivity index (χ1v) is 6.89. The van der Waals surface area contributed by atoms with E-state index in [4.69, 9.17) is 23.2 Å². The third kappa shape index (κ3) is 2.25. The van der Waals surface area contributed by atoms with E-state index in [0.717, 1.165) is 34.7 Å². The number of fused-ring (bicyclic) bond motifs is 1. The molecule has 1 aliphatic rings. The van der Waals surface area contributed by atoms with Crippen molar-refractivity contribution in [3.63, 3.8) is 0 Å². The third-order valence-electron chi connectivity index (χ3n) is 3.46. The van der Waals surface area contributed by atoms with Gasteiger partial charge >= 0.3 is 0 Å². The largest absolute Gasteiger partial charge is 0.312 e. The predicted octanol–water partition coefficient (Wildman–Crippen LogP) is 4.45. The van der Waals surface area contributed by atoms with Crippen molar-refractivity contribution >= 4 is 23.2 Å². The molecule has 19 heavy (non-hydrogen) atoms. The molecule has 0 amide bonds. The van der Waals surface area contributed by atoms with Gasteiger partial charge in [-0.1, -0.05) is 35.3 Å². The summed E-state index contributed by atoms with van der Waals surface area (Å²) in [4.78, 5) is 0. The van der Waals surface area contributed by atoms with Crippen molar-refractivity contribution in [2.75, 3.05) is 6.54 Å². The van der Waals surface area contributed by atoms with E-state index < -0.39 is 0 Å². The molecule has 1 nitrogen and oxygen atoms in total. The second-order valence-corrected chi connectivity index (χ2v) is 5.39. The van der Waals surface area contributed by atoms with Gasteiger partial charge in [-0.15, -0.1) is 0 Å². The van der Waals surface area contributed by atoms with Gasteiger partial charge in [0.25, 0.3) is 0 Å². The number of nitrogens with one attached hydrogen (secondary N) is 1. The fourth-order valence-corrected chi connectivity index (χ4v) is 3.09. The number of hydrogen-bond acceptors (Lipinski definition) is 1. The van der Waals surface area contributed by atoms with E-state index in [1.54, 1.807) is 12.1 Å². The van der Waals surface area contributed by atoms with Crippen molar-refractivity contribution in [1.82, 2.24) is 5.32 Å². The fourth-order valence-electron chi connectivity index (χ4n) is 2.55. The molecular formula is C15H12Cl2FN. The summed E-state index contributed by atoms with van der Waals surface area (Å²) in [7, 11) is 0. The van der Waals surface area contributed by atoms with Gasteiger partial charge in [-0.25, -0.2) is 4.39 Å². The molecule has 4 heteroatoms. The quantitative estimate of drug-likeness (QED) is 0.820. The lowest BCUT2D eigenvalue weighted by Crippen LogP contribution is -2.24. The summed E-state index contributed by atoms with van der Waals surface area (Å²) in [5.74, 6) is -0.303. The molecule has 1 heterocycles. The van der Waals surface area contributed by atoms with Gasteiger partial charge in [0.15, 0.2) is 0 Å². The van der Waals surface area contributed by atoms with Crippen molar-refractivity contribution in [3.8, 4) is 11.1 Å². The molecule has 1 aliphatic heterocycles. The van der Waals surface area contributed by atoms with E-state index in [1.807, 2.05) is 12.1 Å². The van der Waals surface area contributed by atoms with E-state index >= 15 is 0 Å². The number of halogens is 3. The van der Waals surface area contributed by atoms with Gasteiger partial charge in [-0.05, 0) is 47.9 Å². The molecule has 2 aromatic rings. The predicted molar refractivity (Wildman–Crippen MR) is 77.3 cm³/mol. The van der Waals surface area contributed by atoms with Crippen molar-refractivity contribution in [1.29, 1.82) is 0 Å². The normalized spacial score (nSPS) is 14.3. The van der Waals surface area contributed by atoms with Crippen LogP contribution in [-0.2, 0) is 13.0 Å². The van der Waals surface area contributed by atoms with Crippen LogP contribution in [0.5, 0.6) is 0 Å². The van der Waals surface area contributed by atoms with Gasteiger partial charge in [0.05, 0.1) is 5.02 Å². The molecule has 1 N–H and O–H groups in total. The molecule has 0 atom stereocenters. The summed E-state index contributed by atoms with van der Waals surface area (Å²) in [6.45, 7) is 1.58. The number of hydrogen-bond donors (Lipinski definition) is 1. The Morgan fingerprint density at radius 2 is 1.84 bits per heavy atom. The highest BCUT2D eigenvalue weighted by atomic mass is 35.5. The van der Waals surface area contributed by atoms with Crippen LogP contribution in [0.2, 0.25) is 10.0 Å². The molecule has 3 rings (SSSR count). The molecule has 0 saturated heterocycles. The van der Waals surface area contributed by atoms with Crippen LogP contribution in [0.25, 0.3) is 11.1 Å². The molecule has 0 saturated carbocycles. The van der Waals surface area contributed by atoms with Gasteiger partial charge in [-0.3, -0.25) is 0 Å². The van der Waals surface area contributed by atoms with E-state index in [9.17, 15) is 4.39 Å². The molecule has 0 spiro atoms. The molecule has 98 valence electrons. The first kappa shape index (κ1) is 12.9. The van der Waals surface area contributed by atoms with Crippen LogP contribution < -0.4 is 5.32 Å². The van der Waals surface area contributed by atoms with Crippen LogP contribution in [-0.4, -0.2) is 6.54 Å². The van der Waals surface area contributed by atoms with Gasteiger partial charge in [-0.2, -0.15) is 0 Å². The smallest absolute Gasteiger partial charge is 0.132 e. The second kappa shape index (κ2) is 5.12. The van der Waals surface area contributed by atoms with Crippen molar-refractivity contribution in [2.24, 2.45) is 0 Å². The van der Waals surface area contributed by atoms with Crippen molar-refractivity contribution in [2.45, 2.75) is 13.0 Å². The Balaban J connectivity index is 2.26. The van der Waals surface area contributed by atoms with Crippen molar-refractivity contribution < 1.29 is 4.39 Å². The summed E-state index contributed by atoms with van der Waals surface area (Å²) in [5.41, 5.74) is 3.43. The maximum absolute atomic E-state index is 14.1. The first-order valence-electron chi connectivity index (χ1n) is 6.14. The molecule has 0 unspecified atom stereocenters. The molecular weight excluding hydrogens is 284 g/mol. The first-order chi connectivity index (χ1) is 9.18. The average Bonchev–Trinajstić information content (AvgIpc) is 2.41. The maximum Gasteiger partial charge on any atom is 0.132 e. The average molecular weight is 296 g/mol. The highest BCUT2D eigenvalue weighted by molar-refractivity contribution is 6.33. The molecule has 0 bridgehead atoms. The summed E-state index contributed by atoms with van der Waals surface area (Å²) in [6.07, 6.45) is 0.855. The van der Waals surface area contributed by atoms with E-state index in [0.29, 0.717) is 17.1 Å². The summed E-state index contributed by atoms with van der Waals surface area (Å²) < 4.78 is 14.1. The lowest BCUT2D eigenvalue weighted by atomic mass is 9.91. The van der Waals surface area contributed by atoms with Crippen LogP contribution in [0.4, 0.5) is 4.39 Å². The fraction of sp³-hybridized carbons (Fsp3) is 0.200. The van der Waals surface area contributed by atoms with Crippen LogP contribution in [0.1, 0.15) is 11.1 Å². The topological polar surface area (TPSA) is 12.0 Å². The Hall–Kier alpha value is -1.09. The summed E-state index contributed by atoms with van der Waals surface area (Å²) in [5, 5.41) is 4.46. The maximum atomic E-state index is 14.1. The van der Waals surface area contributed by atoms with Gasteiger partial charge in [0, 0.05) is 17.1 Å².